The summed E-state index contributed by atoms with van der Waals surface area (Å²) in [6.45, 7) is 1.63. The largest absolute Gasteiger partial charge is 0.352 e. The second-order valence-electron chi connectivity index (χ2n) is 5.41. The zero-order chi connectivity index (χ0) is 17.1. The zero-order valence-electron chi connectivity index (χ0n) is 13.4. The van der Waals surface area contributed by atoms with E-state index in [1.807, 2.05) is 48.5 Å². The third kappa shape index (κ3) is 2.96. The van der Waals surface area contributed by atoms with Gasteiger partial charge in [0.05, 0.1) is 16.7 Å². The van der Waals surface area contributed by atoms with Gasteiger partial charge in [-0.15, -0.1) is 0 Å². The smallest absolute Gasteiger partial charge is 0.333 e. The standard InChI is InChI=1S/C17H17N5O2/c1-12-16(22(23)24)17(21(2)20-12)19-15(13-8-4-3-5-9-13)14-10-6-7-11-18-14/h3-11,15,19H,1-2H3. The number of nitro groups is 1. The number of nitrogens with one attached hydrogen (secondary N) is 1. The van der Waals surface area contributed by atoms with E-state index < -0.39 is 4.92 Å². The van der Waals surface area contributed by atoms with Crippen molar-refractivity contribution in [1.82, 2.24) is 14.8 Å². The molecule has 3 rings (SSSR count). The average Bonchev–Trinajstić information content (AvgIpc) is 2.87. The van der Waals surface area contributed by atoms with Gasteiger partial charge in [-0.05, 0) is 24.6 Å². The molecular formula is C17H17N5O2. The van der Waals surface area contributed by atoms with Crippen LogP contribution in [0.2, 0.25) is 0 Å². The fraction of sp³-hybridized carbons (Fsp3) is 0.176. The molecule has 1 unspecified atom stereocenters. The van der Waals surface area contributed by atoms with Crippen LogP contribution in [0.3, 0.4) is 0 Å². The summed E-state index contributed by atoms with van der Waals surface area (Å²) in [6, 6.07) is 15.0. The van der Waals surface area contributed by atoms with E-state index in [4.69, 9.17) is 0 Å². The van der Waals surface area contributed by atoms with Gasteiger partial charge < -0.3 is 5.32 Å². The van der Waals surface area contributed by atoms with Crippen LogP contribution in [0.1, 0.15) is 23.0 Å². The summed E-state index contributed by atoms with van der Waals surface area (Å²) in [4.78, 5) is 15.4. The van der Waals surface area contributed by atoms with Gasteiger partial charge in [0.15, 0.2) is 0 Å². The molecule has 122 valence electrons. The van der Waals surface area contributed by atoms with Gasteiger partial charge in [0.2, 0.25) is 5.82 Å². The molecule has 7 nitrogen and oxygen atoms in total. The number of aromatic nitrogens is 3. The van der Waals surface area contributed by atoms with Gasteiger partial charge >= 0.3 is 5.69 Å². The fourth-order valence-electron chi connectivity index (χ4n) is 2.68. The van der Waals surface area contributed by atoms with Crippen LogP contribution in [-0.2, 0) is 7.05 Å². The molecule has 1 atom stereocenters. The molecule has 0 aliphatic rings. The van der Waals surface area contributed by atoms with Crippen LogP contribution >= 0.6 is 0 Å². The number of hydrogen-bond donors (Lipinski definition) is 1. The lowest BCUT2D eigenvalue weighted by atomic mass is 10.0. The van der Waals surface area contributed by atoms with Crippen LogP contribution in [0.25, 0.3) is 0 Å². The van der Waals surface area contributed by atoms with Crippen molar-refractivity contribution in [2.75, 3.05) is 5.32 Å². The highest BCUT2D eigenvalue weighted by atomic mass is 16.6. The quantitative estimate of drug-likeness (QED) is 0.575. The summed E-state index contributed by atoms with van der Waals surface area (Å²) in [6.07, 6.45) is 1.70. The second-order valence-corrected chi connectivity index (χ2v) is 5.41. The maximum atomic E-state index is 11.4. The van der Waals surface area contributed by atoms with Crippen molar-refractivity contribution >= 4 is 11.5 Å². The highest BCUT2D eigenvalue weighted by Crippen LogP contribution is 2.32. The molecular weight excluding hydrogens is 306 g/mol. The highest BCUT2D eigenvalue weighted by molar-refractivity contribution is 5.61. The Bertz CT molecular complexity index is 807. The maximum Gasteiger partial charge on any atom is 0.333 e. The highest BCUT2D eigenvalue weighted by Gasteiger charge is 2.27. The van der Waals surface area contributed by atoms with Crippen molar-refractivity contribution in [3.8, 4) is 0 Å². The molecule has 0 bridgehead atoms. The topological polar surface area (TPSA) is 85.9 Å². The molecule has 0 saturated heterocycles. The van der Waals surface area contributed by atoms with Gasteiger partial charge in [-0.2, -0.15) is 5.10 Å². The molecule has 0 amide bonds. The summed E-state index contributed by atoms with van der Waals surface area (Å²) < 4.78 is 1.49. The number of hydrogen-bond acceptors (Lipinski definition) is 5. The van der Waals surface area contributed by atoms with Crippen molar-refractivity contribution in [3.63, 3.8) is 0 Å². The normalized spacial score (nSPS) is 11.9. The van der Waals surface area contributed by atoms with E-state index in [9.17, 15) is 10.1 Å². The summed E-state index contributed by atoms with van der Waals surface area (Å²) in [5, 5.41) is 18.8. The minimum atomic E-state index is -0.412. The van der Waals surface area contributed by atoms with Crippen molar-refractivity contribution in [2.45, 2.75) is 13.0 Å². The number of benzene rings is 1. The van der Waals surface area contributed by atoms with Crippen LogP contribution in [0.4, 0.5) is 11.5 Å². The molecule has 0 spiro atoms. The van der Waals surface area contributed by atoms with Crippen LogP contribution in [0.5, 0.6) is 0 Å². The minimum absolute atomic E-state index is 0.0191. The predicted octanol–water partition coefficient (Wildman–Crippen LogP) is 3.23. The first-order chi connectivity index (χ1) is 11.6. The first kappa shape index (κ1) is 15.7. The van der Waals surface area contributed by atoms with Gasteiger partial charge in [-0.3, -0.25) is 15.1 Å². The lowest BCUT2D eigenvalue weighted by molar-refractivity contribution is -0.384. The monoisotopic (exact) mass is 323 g/mol. The number of anilines is 1. The first-order valence-corrected chi connectivity index (χ1v) is 7.48. The molecule has 1 aromatic carbocycles. The van der Waals surface area contributed by atoms with Crippen molar-refractivity contribution < 1.29 is 4.92 Å². The lowest BCUT2D eigenvalue weighted by Crippen LogP contribution is -2.16. The minimum Gasteiger partial charge on any atom is -0.352 e. The molecule has 0 aliphatic heterocycles. The predicted molar refractivity (Wildman–Crippen MR) is 90.7 cm³/mol. The second kappa shape index (κ2) is 6.49. The Labute approximate surface area is 139 Å². The molecule has 2 heterocycles. The van der Waals surface area contributed by atoms with Gasteiger partial charge in [0.1, 0.15) is 5.69 Å². The molecule has 0 fully saturated rings. The SMILES string of the molecule is Cc1nn(C)c(NC(c2ccccc2)c2ccccn2)c1[N+](=O)[O-]. The Balaban J connectivity index is 2.08. The molecule has 0 radical (unpaired) electrons. The Hall–Kier alpha value is -3.22. The number of pyridine rings is 1. The van der Waals surface area contributed by atoms with Crippen molar-refractivity contribution in [1.29, 1.82) is 0 Å². The van der Waals surface area contributed by atoms with Crippen molar-refractivity contribution in [3.05, 3.63) is 81.8 Å². The van der Waals surface area contributed by atoms with Crippen LogP contribution in [-0.4, -0.2) is 19.7 Å². The van der Waals surface area contributed by atoms with E-state index in [-0.39, 0.29) is 11.7 Å². The van der Waals surface area contributed by atoms with Gasteiger partial charge in [-0.1, -0.05) is 36.4 Å². The van der Waals surface area contributed by atoms with Gasteiger partial charge in [0.25, 0.3) is 0 Å². The third-order valence-electron chi connectivity index (χ3n) is 3.77. The molecule has 0 aliphatic carbocycles. The molecule has 0 saturated carbocycles. The summed E-state index contributed by atoms with van der Waals surface area (Å²) in [7, 11) is 1.68. The van der Waals surface area contributed by atoms with E-state index in [0.717, 1.165) is 11.3 Å². The Morgan fingerprint density at radius 2 is 1.88 bits per heavy atom. The van der Waals surface area contributed by atoms with E-state index >= 15 is 0 Å². The van der Waals surface area contributed by atoms with Gasteiger partial charge in [0, 0.05) is 13.2 Å². The average molecular weight is 323 g/mol. The molecule has 2 aromatic heterocycles. The number of rotatable bonds is 5. The van der Waals surface area contributed by atoms with Crippen LogP contribution in [0.15, 0.2) is 54.7 Å². The molecule has 3 aromatic rings. The van der Waals surface area contributed by atoms with Crippen LogP contribution in [0, 0.1) is 17.0 Å². The fourth-order valence-corrected chi connectivity index (χ4v) is 2.68. The van der Waals surface area contributed by atoms with E-state index in [1.54, 1.807) is 20.2 Å². The summed E-state index contributed by atoms with van der Waals surface area (Å²) in [5.41, 5.74) is 2.09. The Morgan fingerprint density at radius 1 is 1.17 bits per heavy atom. The molecule has 7 heteroatoms. The first-order valence-electron chi connectivity index (χ1n) is 7.48. The van der Waals surface area contributed by atoms with Gasteiger partial charge in [-0.25, -0.2) is 4.68 Å². The number of nitrogens with zero attached hydrogens (tertiary/aromatic N) is 4. The lowest BCUT2D eigenvalue weighted by Gasteiger charge is -2.19. The van der Waals surface area contributed by atoms with E-state index in [1.165, 1.54) is 4.68 Å². The van der Waals surface area contributed by atoms with Crippen LogP contribution < -0.4 is 5.32 Å². The van der Waals surface area contributed by atoms with E-state index in [2.05, 4.69) is 15.4 Å². The number of aryl methyl sites for hydroxylation is 2. The van der Waals surface area contributed by atoms with Crippen molar-refractivity contribution in [2.24, 2.45) is 7.05 Å². The Morgan fingerprint density at radius 3 is 2.50 bits per heavy atom. The Kier molecular flexibility index (Phi) is 4.24. The maximum absolute atomic E-state index is 11.4. The molecule has 1 N–H and O–H groups in total. The summed E-state index contributed by atoms with van der Waals surface area (Å²) in [5.74, 6) is 0.358. The van der Waals surface area contributed by atoms with E-state index in [0.29, 0.717) is 11.5 Å². The summed E-state index contributed by atoms with van der Waals surface area (Å²) >= 11 is 0. The third-order valence-corrected chi connectivity index (χ3v) is 3.77. The zero-order valence-corrected chi connectivity index (χ0v) is 13.4. The molecule has 24 heavy (non-hydrogen) atoms.